The van der Waals surface area contributed by atoms with Gasteiger partial charge in [0.2, 0.25) is 5.91 Å². The lowest BCUT2D eigenvalue weighted by molar-refractivity contribution is -0.138. The van der Waals surface area contributed by atoms with Crippen molar-refractivity contribution in [2.75, 3.05) is 13.1 Å². The summed E-state index contributed by atoms with van der Waals surface area (Å²) < 4.78 is 0. The van der Waals surface area contributed by atoms with Crippen LogP contribution in [0, 0.1) is 5.41 Å². The predicted molar refractivity (Wildman–Crippen MR) is 66.6 cm³/mol. The average molecular weight is 244 g/mol. The molecular weight excluding hydrogens is 220 g/mol. The van der Waals surface area contributed by atoms with Gasteiger partial charge in [0.15, 0.2) is 0 Å². The fraction of sp³-hybridized carbons (Fsp3) is 0.833. The fourth-order valence-electron chi connectivity index (χ4n) is 1.31. The molecule has 3 N–H and O–H groups in total. The molecule has 0 aromatic heterocycles. The van der Waals surface area contributed by atoms with E-state index in [2.05, 4.69) is 0 Å². The first-order valence-corrected chi connectivity index (χ1v) is 5.93. The summed E-state index contributed by atoms with van der Waals surface area (Å²) in [5.41, 5.74) is 5.81. The Bertz CT molecular complexity index is 271. The van der Waals surface area contributed by atoms with Crippen molar-refractivity contribution in [1.29, 1.82) is 0 Å². The van der Waals surface area contributed by atoms with E-state index in [1.807, 2.05) is 27.7 Å². The molecule has 0 aliphatic heterocycles. The quantitative estimate of drug-likeness (QED) is 0.732. The molecule has 0 aliphatic carbocycles. The van der Waals surface area contributed by atoms with Gasteiger partial charge < -0.3 is 15.7 Å². The van der Waals surface area contributed by atoms with Gasteiger partial charge in [0, 0.05) is 25.6 Å². The Kier molecular flexibility index (Phi) is 6.16. The number of carboxylic acid groups (broad SMARTS) is 1. The highest BCUT2D eigenvalue weighted by molar-refractivity contribution is 5.77. The number of amides is 1. The molecule has 0 aromatic rings. The van der Waals surface area contributed by atoms with Crippen LogP contribution >= 0.6 is 0 Å². The molecule has 0 saturated carbocycles. The highest BCUT2D eigenvalue weighted by Gasteiger charge is 2.25. The van der Waals surface area contributed by atoms with Gasteiger partial charge in [-0.1, -0.05) is 20.8 Å². The molecule has 0 saturated heterocycles. The SMILES string of the molecule is CCN(CCC(=O)O)C(=O)CC(N)C(C)(C)C. The van der Waals surface area contributed by atoms with E-state index in [9.17, 15) is 9.59 Å². The summed E-state index contributed by atoms with van der Waals surface area (Å²) in [6.45, 7) is 8.56. The number of nitrogens with zero attached hydrogens (tertiary/aromatic N) is 1. The van der Waals surface area contributed by atoms with Crippen molar-refractivity contribution in [3.8, 4) is 0 Å². The van der Waals surface area contributed by atoms with E-state index in [0.717, 1.165) is 0 Å². The number of carbonyl (C=O) groups excluding carboxylic acids is 1. The smallest absolute Gasteiger partial charge is 0.305 e. The summed E-state index contributed by atoms with van der Waals surface area (Å²) in [4.78, 5) is 23.9. The van der Waals surface area contributed by atoms with E-state index in [0.29, 0.717) is 6.54 Å². The number of nitrogens with two attached hydrogens (primary N) is 1. The van der Waals surface area contributed by atoms with E-state index in [-0.39, 0.29) is 36.8 Å². The lowest BCUT2D eigenvalue weighted by Crippen LogP contribution is -2.42. The number of hydrogen-bond donors (Lipinski definition) is 2. The molecule has 5 nitrogen and oxygen atoms in total. The third-order valence-electron chi connectivity index (χ3n) is 2.84. The van der Waals surface area contributed by atoms with E-state index >= 15 is 0 Å². The second-order valence-corrected chi connectivity index (χ2v) is 5.29. The van der Waals surface area contributed by atoms with Gasteiger partial charge in [0.25, 0.3) is 0 Å². The van der Waals surface area contributed by atoms with Gasteiger partial charge in [0.05, 0.1) is 6.42 Å². The molecule has 0 aliphatic rings. The molecule has 0 aromatic carbocycles. The molecule has 0 fully saturated rings. The Morgan fingerprint density at radius 1 is 1.35 bits per heavy atom. The van der Waals surface area contributed by atoms with Crippen LogP contribution in [0.5, 0.6) is 0 Å². The molecule has 0 radical (unpaired) electrons. The highest BCUT2D eigenvalue weighted by Crippen LogP contribution is 2.20. The summed E-state index contributed by atoms with van der Waals surface area (Å²) in [5, 5.41) is 8.59. The van der Waals surface area contributed by atoms with Gasteiger partial charge >= 0.3 is 5.97 Å². The number of hydrogen-bond acceptors (Lipinski definition) is 3. The van der Waals surface area contributed by atoms with Crippen LogP contribution in [0.3, 0.4) is 0 Å². The van der Waals surface area contributed by atoms with Gasteiger partial charge in [-0.25, -0.2) is 0 Å². The van der Waals surface area contributed by atoms with Crippen LogP contribution in [0.25, 0.3) is 0 Å². The van der Waals surface area contributed by atoms with Crippen LogP contribution in [0.4, 0.5) is 0 Å². The zero-order valence-electron chi connectivity index (χ0n) is 11.2. The van der Waals surface area contributed by atoms with Crippen molar-refractivity contribution in [3.05, 3.63) is 0 Å². The van der Waals surface area contributed by atoms with Crippen LogP contribution in [0.2, 0.25) is 0 Å². The Morgan fingerprint density at radius 2 is 1.88 bits per heavy atom. The second-order valence-electron chi connectivity index (χ2n) is 5.29. The fourth-order valence-corrected chi connectivity index (χ4v) is 1.31. The Balaban J connectivity index is 4.31. The van der Waals surface area contributed by atoms with Crippen molar-refractivity contribution in [2.45, 2.75) is 46.6 Å². The van der Waals surface area contributed by atoms with Crippen LogP contribution in [-0.4, -0.2) is 41.0 Å². The van der Waals surface area contributed by atoms with Crippen molar-refractivity contribution in [2.24, 2.45) is 11.1 Å². The number of carbonyl (C=O) groups is 2. The molecule has 1 amide bonds. The molecule has 5 heteroatoms. The molecule has 1 unspecified atom stereocenters. The lowest BCUT2D eigenvalue weighted by atomic mass is 9.85. The third-order valence-corrected chi connectivity index (χ3v) is 2.84. The summed E-state index contributed by atoms with van der Waals surface area (Å²) >= 11 is 0. The average Bonchev–Trinajstić information content (AvgIpc) is 2.16. The molecule has 1 atom stereocenters. The minimum absolute atomic E-state index is 0.0235. The first kappa shape index (κ1) is 15.9. The van der Waals surface area contributed by atoms with Crippen LogP contribution in [-0.2, 0) is 9.59 Å². The Hall–Kier alpha value is -1.10. The highest BCUT2D eigenvalue weighted by atomic mass is 16.4. The maximum atomic E-state index is 11.9. The number of aliphatic carboxylic acids is 1. The summed E-state index contributed by atoms with van der Waals surface area (Å²) in [6.07, 6.45) is 0.237. The van der Waals surface area contributed by atoms with E-state index in [1.165, 1.54) is 0 Å². The minimum atomic E-state index is -0.892. The van der Waals surface area contributed by atoms with Crippen molar-refractivity contribution >= 4 is 11.9 Å². The topological polar surface area (TPSA) is 83.6 Å². The van der Waals surface area contributed by atoms with Crippen molar-refractivity contribution < 1.29 is 14.7 Å². The third kappa shape index (κ3) is 6.26. The van der Waals surface area contributed by atoms with Gasteiger partial charge in [-0.3, -0.25) is 9.59 Å². The zero-order chi connectivity index (χ0) is 13.6. The van der Waals surface area contributed by atoms with Gasteiger partial charge in [-0.2, -0.15) is 0 Å². The summed E-state index contributed by atoms with van der Waals surface area (Å²) in [5.74, 6) is -0.965. The standard InChI is InChI=1S/C12H24N2O3/c1-5-14(7-6-11(16)17)10(15)8-9(13)12(2,3)4/h9H,5-8,13H2,1-4H3,(H,16,17). The minimum Gasteiger partial charge on any atom is -0.481 e. The van der Waals surface area contributed by atoms with Crippen LogP contribution in [0.1, 0.15) is 40.5 Å². The van der Waals surface area contributed by atoms with Crippen LogP contribution in [0.15, 0.2) is 0 Å². The van der Waals surface area contributed by atoms with Gasteiger partial charge in [-0.15, -0.1) is 0 Å². The van der Waals surface area contributed by atoms with Gasteiger partial charge in [-0.05, 0) is 12.3 Å². The van der Waals surface area contributed by atoms with E-state index in [4.69, 9.17) is 10.8 Å². The Labute approximate surface area is 103 Å². The molecular formula is C12H24N2O3. The molecule has 0 heterocycles. The maximum absolute atomic E-state index is 11.9. The summed E-state index contributed by atoms with van der Waals surface area (Å²) in [6, 6.07) is -0.214. The lowest BCUT2D eigenvalue weighted by Gasteiger charge is -2.29. The first-order valence-electron chi connectivity index (χ1n) is 5.93. The second kappa shape index (κ2) is 6.59. The van der Waals surface area contributed by atoms with Gasteiger partial charge in [0.1, 0.15) is 0 Å². The van der Waals surface area contributed by atoms with Crippen LogP contribution < -0.4 is 5.73 Å². The molecule has 0 bridgehead atoms. The molecule has 100 valence electrons. The largest absolute Gasteiger partial charge is 0.481 e. The Morgan fingerprint density at radius 3 is 2.24 bits per heavy atom. The molecule has 0 rings (SSSR count). The summed E-state index contributed by atoms with van der Waals surface area (Å²) in [7, 11) is 0. The molecule has 0 spiro atoms. The maximum Gasteiger partial charge on any atom is 0.305 e. The van der Waals surface area contributed by atoms with E-state index < -0.39 is 5.97 Å². The zero-order valence-corrected chi connectivity index (χ0v) is 11.2. The number of rotatable bonds is 6. The van der Waals surface area contributed by atoms with Crippen molar-refractivity contribution in [3.63, 3.8) is 0 Å². The first-order chi connectivity index (χ1) is 7.68. The normalized spacial score (nSPS) is 13.2. The molecule has 17 heavy (non-hydrogen) atoms. The monoisotopic (exact) mass is 244 g/mol. The van der Waals surface area contributed by atoms with Crippen molar-refractivity contribution in [1.82, 2.24) is 4.90 Å². The predicted octanol–water partition coefficient (Wildman–Crippen LogP) is 1.07. The van der Waals surface area contributed by atoms with E-state index in [1.54, 1.807) is 4.90 Å². The number of carboxylic acids is 1.